The number of hydrazine groups is 1. The van der Waals surface area contributed by atoms with E-state index in [1.807, 2.05) is 19.1 Å². The number of aryl methyl sites for hydroxylation is 1. The SMILES string of the molecule is CCc1ccc(C(=O)NNC(=O)CNC(=O)c2ccc(Br)o2)cc1. The van der Waals surface area contributed by atoms with Gasteiger partial charge in [0.05, 0.1) is 6.54 Å². The molecule has 0 bridgehead atoms. The Morgan fingerprint density at radius 3 is 2.29 bits per heavy atom. The molecule has 0 fully saturated rings. The van der Waals surface area contributed by atoms with Crippen molar-refractivity contribution < 1.29 is 18.8 Å². The molecule has 1 heterocycles. The second-order valence-corrected chi connectivity index (χ2v) is 5.62. The first kappa shape index (κ1) is 17.7. The van der Waals surface area contributed by atoms with E-state index in [2.05, 4.69) is 32.1 Å². The van der Waals surface area contributed by atoms with E-state index in [0.29, 0.717) is 10.2 Å². The lowest BCUT2D eigenvalue weighted by Crippen LogP contribution is -2.46. The molecule has 0 unspecified atom stereocenters. The van der Waals surface area contributed by atoms with Crippen LogP contribution in [-0.4, -0.2) is 24.3 Å². The van der Waals surface area contributed by atoms with Gasteiger partial charge < -0.3 is 9.73 Å². The van der Waals surface area contributed by atoms with Gasteiger partial charge in [-0.2, -0.15) is 0 Å². The molecule has 0 saturated heterocycles. The number of carbonyl (C=O) groups excluding carboxylic acids is 3. The molecule has 126 valence electrons. The molecule has 3 N–H and O–H groups in total. The molecule has 1 aromatic heterocycles. The lowest BCUT2D eigenvalue weighted by atomic mass is 10.1. The third kappa shape index (κ3) is 4.95. The fraction of sp³-hybridized carbons (Fsp3) is 0.188. The van der Waals surface area contributed by atoms with E-state index in [1.54, 1.807) is 18.2 Å². The summed E-state index contributed by atoms with van der Waals surface area (Å²) in [6.45, 7) is 1.72. The van der Waals surface area contributed by atoms with Gasteiger partial charge >= 0.3 is 0 Å². The molecule has 0 radical (unpaired) electrons. The van der Waals surface area contributed by atoms with Gasteiger partial charge in [-0.3, -0.25) is 25.2 Å². The van der Waals surface area contributed by atoms with Crippen molar-refractivity contribution in [1.82, 2.24) is 16.2 Å². The third-order valence-electron chi connectivity index (χ3n) is 3.15. The van der Waals surface area contributed by atoms with Crippen molar-refractivity contribution in [2.45, 2.75) is 13.3 Å². The number of amides is 3. The second-order valence-electron chi connectivity index (χ2n) is 4.84. The van der Waals surface area contributed by atoms with E-state index in [-0.39, 0.29) is 12.3 Å². The first-order chi connectivity index (χ1) is 11.5. The van der Waals surface area contributed by atoms with Gasteiger partial charge in [-0.25, -0.2) is 0 Å². The van der Waals surface area contributed by atoms with E-state index < -0.39 is 17.7 Å². The van der Waals surface area contributed by atoms with Crippen LogP contribution in [0.2, 0.25) is 0 Å². The number of rotatable bonds is 5. The maximum Gasteiger partial charge on any atom is 0.287 e. The number of benzene rings is 1. The zero-order valence-electron chi connectivity index (χ0n) is 12.9. The molecule has 0 aliphatic carbocycles. The van der Waals surface area contributed by atoms with Gasteiger partial charge in [0.15, 0.2) is 10.4 Å². The van der Waals surface area contributed by atoms with Gasteiger partial charge in [0, 0.05) is 5.56 Å². The number of hydrogen-bond acceptors (Lipinski definition) is 4. The summed E-state index contributed by atoms with van der Waals surface area (Å²) in [5.41, 5.74) is 6.05. The lowest BCUT2D eigenvalue weighted by molar-refractivity contribution is -0.120. The van der Waals surface area contributed by atoms with Crippen molar-refractivity contribution in [3.05, 3.63) is 58.0 Å². The first-order valence-electron chi connectivity index (χ1n) is 7.21. The smallest absolute Gasteiger partial charge is 0.287 e. The normalized spacial score (nSPS) is 10.1. The highest BCUT2D eigenvalue weighted by atomic mass is 79.9. The highest BCUT2D eigenvalue weighted by molar-refractivity contribution is 9.10. The van der Waals surface area contributed by atoms with Crippen LogP contribution in [0, 0.1) is 0 Å². The summed E-state index contributed by atoms with van der Waals surface area (Å²) in [4.78, 5) is 35.2. The van der Waals surface area contributed by atoms with Crippen molar-refractivity contribution in [3.63, 3.8) is 0 Å². The predicted octanol–water partition coefficient (Wildman–Crippen LogP) is 1.80. The molecule has 0 atom stereocenters. The fourth-order valence-electron chi connectivity index (χ4n) is 1.82. The maximum atomic E-state index is 11.9. The van der Waals surface area contributed by atoms with Gasteiger partial charge in [-0.05, 0) is 52.2 Å². The summed E-state index contributed by atoms with van der Waals surface area (Å²) in [6, 6.07) is 10.1. The Hall–Kier alpha value is -2.61. The monoisotopic (exact) mass is 393 g/mol. The van der Waals surface area contributed by atoms with Crippen LogP contribution in [0.4, 0.5) is 0 Å². The van der Waals surface area contributed by atoms with E-state index in [0.717, 1.165) is 12.0 Å². The van der Waals surface area contributed by atoms with Gasteiger partial charge in [0.2, 0.25) is 0 Å². The molecule has 7 nitrogen and oxygen atoms in total. The minimum Gasteiger partial charge on any atom is -0.444 e. The molecule has 0 aliphatic heterocycles. The standard InChI is InChI=1S/C16H16BrN3O4/c1-2-10-3-5-11(6-4-10)15(22)20-19-14(21)9-18-16(23)12-7-8-13(17)24-12/h3-8H,2,9H2,1H3,(H,18,23)(H,19,21)(H,20,22). The first-order valence-corrected chi connectivity index (χ1v) is 8.00. The van der Waals surface area contributed by atoms with Crippen LogP contribution in [0.3, 0.4) is 0 Å². The summed E-state index contributed by atoms with van der Waals surface area (Å²) in [5, 5.41) is 2.37. The Labute approximate surface area is 146 Å². The zero-order valence-corrected chi connectivity index (χ0v) is 14.5. The summed E-state index contributed by atoms with van der Waals surface area (Å²) >= 11 is 3.08. The predicted molar refractivity (Wildman–Crippen MR) is 90.2 cm³/mol. The minimum absolute atomic E-state index is 0.0784. The Bertz CT molecular complexity index is 740. The molecule has 0 aliphatic rings. The van der Waals surface area contributed by atoms with Crippen LogP contribution in [0.5, 0.6) is 0 Å². The summed E-state index contributed by atoms with van der Waals surface area (Å²) < 4.78 is 5.47. The zero-order chi connectivity index (χ0) is 17.5. The third-order valence-corrected chi connectivity index (χ3v) is 3.57. The van der Waals surface area contributed by atoms with Gasteiger partial charge in [-0.1, -0.05) is 19.1 Å². The number of halogens is 1. The van der Waals surface area contributed by atoms with Gasteiger partial charge in [0.25, 0.3) is 17.7 Å². The molecule has 24 heavy (non-hydrogen) atoms. The molecule has 0 saturated carbocycles. The van der Waals surface area contributed by atoms with Crippen LogP contribution in [0.25, 0.3) is 0 Å². The van der Waals surface area contributed by atoms with E-state index in [1.165, 1.54) is 6.07 Å². The van der Waals surface area contributed by atoms with Crippen molar-refractivity contribution in [3.8, 4) is 0 Å². The van der Waals surface area contributed by atoms with Crippen molar-refractivity contribution in [2.75, 3.05) is 6.54 Å². The number of hydrogen-bond donors (Lipinski definition) is 3. The highest BCUT2D eigenvalue weighted by Crippen LogP contribution is 2.13. The number of nitrogens with one attached hydrogen (secondary N) is 3. The Morgan fingerprint density at radius 2 is 1.71 bits per heavy atom. The highest BCUT2D eigenvalue weighted by Gasteiger charge is 2.12. The topological polar surface area (TPSA) is 100 Å². The maximum absolute atomic E-state index is 11.9. The summed E-state index contributed by atoms with van der Waals surface area (Å²) in [5.74, 6) is -1.45. The summed E-state index contributed by atoms with van der Waals surface area (Å²) in [7, 11) is 0. The number of furan rings is 1. The fourth-order valence-corrected chi connectivity index (χ4v) is 2.13. The quantitative estimate of drug-likeness (QED) is 0.674. The number of carbonyl (C=O) groups is 3. The molecule has 2 aromatic rings. The molecule has 2 rings (SSSR count). The van der Waals surface area contributed by atoms with Crippen LogP contribution in [-0.2, 0) is 11.2 Å². The average molecular weight is 394 g/mol. The molecule has 1 aromatic carbocycles. The van der Waals surface area contributed by atoms with E-state index >= 15 is 0 Å². The van der Waals surface area contributed by atoms with Gasteiger partial charge in [0.1, 0.15) is 0 Å². The van der Waals surface area contributed by atoms with Crippen LogP contribution >= 0.6 is 15.9 Å². The molecule has 8 heteroatoms. The Kier molecular flexibility index (Phi) is 6.14. The Balaban J connectivity index is 1.76. The van der Waals surface area contributed by atoms with E-state index in [4.69, 9.17) is 4.42 Å². The molecule has 3 amide bonds. The lowest BCUT2D eigenvalue weighted by Gasteiger charge is -2.08. The van der Waals surface area contributed by atoms with E-state index in [9.17, 15) is 14.4 Å². The van der Waals surface area contributed by atoms with Crippen LogP contribution < -0.4 is 16.2 Å². The van der Waals surface area contributed by atoms with Crippen molar-refractivity contribution >= 4 is 33.7 Å². The summed E-state index contributed by atoms with van der Waals surface area (Å²) in [6.07, 6.45) is 0.880. The average Bonchev–Trinajstić information content (AvgIpc) is 3.04. The minimum atomic E-state index is -0.562. The second kappa shape index (κ2) is 8.30. The molecular formula is C16H16BrN3O4. The molecule has 0 spiro atoms. The van der Waals surface area contributed by atoms with Crippen LogP contribution in [0.1, 0.15) is 33.4 Å². The molecular weight excluding hydrogens is 378 g/mol. The Morgan fingerprint density at radius 1 is 1.00 bits per heavy atom. The van der Waals surface area contributed by atoms with Crippen LogP contribution in [0.15, 0.2) is 45.5 Å². The van der Waals surface area contributed by atoms with Gasteiger partial charge in [-0.15, -0.1) is 0 Å². The van der Waals surface area contributed by atoms with Crippen molar-refractivity contribution in [1.29, 1.82) is 0 Å². The largest absolute Gasteiger partial charge is 0.444 e. The van der Waals surface area contributed by atoms with Crippen molar-refractivity contribution in [2.24, 2.45) is 0 Å².